The monoisotopic (exact) mass is 426 g/mol. The maximum absolute atomic E-state index is 14.0. The first-order valence-electron chi connectivity index (χ1n) is 6.75. The SMILES string of the molecule is CN(C)C(=NCC(c1c(F)cccc1F)N(C)C)N(C)C.I. The van der Waals surface area contributed by atoms with Crippen LogP contribution in [-0.2, 0) is 0 Å². The van der Waals surface area contributed by atoms with Crippen molar-refractivity contribution in [2.24, 2.45) is 4.99 Å². The molecule has 0 aliphatic carbocycles. The van der Waals surface area contributed by atoms with Gasteiger partial charge in [-0.3, -0.25) is 4.99 Å². The largest absolute Gasteiger partial charge is 0.349 e. The van der Waals surface area contributed by atoms with Crippen molar-refractivity contribution in [3.05, 3.63) is 35.4 Å². The zero-order chi connectivity index (χ0) is 16.2. The molecule has 0 aliphatic heterocycles. The third-order valence-electron chi connectivity index (χ3n) is 3.16. The summed E-state index contributed by atoms with van der Waals surface area (Å²) in [6.45, 7) is 0.274. The molecule has 0 aliphatic rings. The van der Waals surface area contributed by atoms with Crippen molar-refractivity contribution in [1.82, 2.24) is 14.7 Å². The number of likely N-dealkylation sites (N-methyl/N-ethyl adjacent to an activating group) is 1. The van der Waals surface area contributed by atoms with Crippen molar-refractivity contribution in [2.75, 3.05) is 48.8 Å². The minimum absolute atomic E-state index is 0. The molecule has 4 nitrogen and oxygen atoms in total. The minimum Gasteiger partial charge on any atom is -0.349 e. The third-order valence-corrected chi connectivity index (χ3v) is 3.16. The molecule has 126 valence electrons. The second-order valence-electron chi connectivity index (χ2n) is 5.54. The van der Waals surface area contributed by atoms with Gasteiger partial charge in [-0.2, -0.15) is 0 Å². The van der Waals surface area contributed by atoms with Crippen LogP contribution in [0.2, 0.25) is 0 Å². The molecular formula is C15H25F2IN4. The minimum atomic E-state index is -0.542. The fourth-order valence-electron chi connectivity index (χ4n) is 2.19. The molecule has 0 saturated carbocycles. The summed E-state index contributed by atoms with van der Waals surface area (Å²) in [6, 6.07) is 3.46. The number of nitrogens with zero attached hydrogens (tertiary/aromatic N) is 4. The van der Waals surface area contributed by atoms with Crippen LogP contribution in [0.3, 0.4) is 0 Å². The third kappa shape index (κ3) is 5.35. The van der Waals surface area contributed by atoms with E-state index < -0.39 is 17.7 Å². The Morgan fingerprint density at radius 1 is 1.00 bits per heavy atom. The van der Waals surface area contributed by atoms with Crippen molar-refractivity contribution in [3.8, 4) is 0 Å². The van der Waals surface area contributed by atoms with Gasteiger partial charge in [-0.1, -0.05) is 6.07 Å². The van der Waals surface area contributed by atoms with Gasteiger partial charge in [-0.05, 0) is 26.2 Å². The van der Waals surface area contributed by atoms with E-state index in [1.807, 2.05) is 38.0 Å². The zero-order valence-electron chi connectivity index (χ0n) is 14.0. The summed E-state index contributed by atoms with van der Waals surface area (Å²) >= 11 is 0. The molecule has 0 N–H and O–H groups in total. The molecule has 22 heavy (non-hydrogen) atoms. The van der Waals surface area contributed by atoms with E-state index in [0.717, 1.165) is 5.96 Å². The Balaban J connectivity index is 0.00000441. The summed E-state index contributed by atoms with van der Waals surface area (Å²) in [6.07, 6.45) is 0. The average molecular weight is 426 g/mol. The number of benzene rings is 1. The molecule has 0 amide bonds. The fraction of sp³-hybridized carbons (Fsp3) is 0.533. The van der Waals surface area contributed by atoms with Crippen LogP contribution in [0.4, 0.5) is 8.78 Å². The van der Waals surface area contributed by atoms with Crippen LogP contribution in [0.15, 0.2) is 23.2 Å². The number of halogens is 3. The lowest BCUT2D eigenvalue weighted by Gasteiger charge is -2.27. The molecule has 1 unspecified atom stereocenters. The van der Waals surface area contributed by atoms with Gasteiger partial charge in [0, 0.05) is 33.8 Å². The molecular weight excluding hydrogens is 401 g/mol. The summed E-state index contributed by atoms with van der Waals surface area (Å²) in [4.78, 5) is 10.00. The summed E-state index contributed by atoms with van der Waals surface area (Å²) in [5.41, 5.74) is 0.0584. The Labute approximate surface area is 148 Å². The van der Waals surface area contributed by atoms with Gasteiger partial charge in [0.25, 0.3) is 0 Å². The van der Waals surface area contributed by atoms with Crippen molar-refractivity contribution < 1.29 is 8.78 Å². The number of rotatable bonds is 4. The van der Waals surface area contributed by atoms with Crippen molar-refractivity contribution >= 4 is 29.9 Å². The standard InChI is InChI=1S/C15H24F2N4.HI/c1-19(2)13(10-18-15(20(3)4)21(5)6)14-11(16)8-7-9-12(14)17;/h7-9,13H,10H2,1-6H3;1H. The number of hydrogen-bond acceptors (Lipinski definition) is 2. The second-order valence-corrected chi connectivity index (χ2v) is 5.54. The Morgan fingerprint density at radius 3 is 1.82 bits per heavy atom. The first-order chi connectivity index (χ1) is 9.75. The highest BCUT2D eigenvalue weighted by molar-refractivity contribution is 14.0. The van der Waals surface area contributed by atoms with E-state index >= 15 is 0 Å². The highest BCUT2D eigenvalue weighted by Gasteiger charge is 2.22. The lowest BCUT2D eigenvalue weighted by atomic mass is 10.0. The zero-order valence-corrected chi connectivity index (χ0v) is 16.3. The highest BCUT2D eigenvalue weighted by Crippen LogP contribution is 2.24. The number of guanidine groups is 1. The highest BCUT2D eigenvalue weighted by atomic mass is 127. The van der Waals surface area contributed by atoms with Crippen molar-refractivity contribution in [1.29, 1.82) is 0 Å². The second kappa shape index (κ2) is 9.24. The predicted octanol–water partition coefficient (Wildman–Crippen LogP) is 2.66. The van der Waals surface area contributed by atoms with Gasteiger partial charge in [-0.15, -0.1) is 24.0 Å². The summed E-state index contributed by atoms with van der Waals surface area (Å²) in [5, 5.41) is 0. The van der Waals surface area contributed by atoms with Gasteiger partial charge in [0.05, 0.1) is 12.6 Å². The molecule has 0 heterocycles. The van der Waals surface area contributed by atoms with E-state index in [1.54, 1.807) is 19.0 Å². The molecule has 0 fully saturated rings. The van der Waals surface area contributed by atoms with Gasteiger partial charge >= 0.3 is 0 Å². The van der Waals surface area contributed by atoms with Crippen LogP contribution < -0.4 is 0 Å². The van der Waals surface area contributed by atoms with E-state index in [-0.39, 0.29) is 36.1 Å². The quantitative estimate of drug-likeness (QED) is 0.420. The molecule has 1 atom stereocenters. The van der Waals surface area contributed by atoms with Crippen molar-refractivity contribution in [3.63, 3.8) is 0 Å². The van der Waals surface area contributed by atoms with Gasteiger partial charge in [-0.25, -0.2) is 8.78 Å². The van der Waals surface area contributed by atoms with E-state index in [9.17, 15) is 8.78 Å². The number of hydrogen-bond donors (Lipinski definition) is 0. The Hall–Kier alpha value is -0.960. The summed E-state index contributed by atoms with van der Waals surface area (Å²) < 4.78 is 27.9. The van der Waals surface area contributed by atoms with E-state index in [4.69, 9.17) is 0 Å². The van der Waals surface area contributed by atoms with Gasteiger partial charge in [0.2, 0.25) is 0 Å². The van der Waals surface area contributed by atoms with Crippen LogP contribution in [0.5, 0.6) is 0 Å². The molecule has 0 radical (unpaired) electrons. The molecule has 1 aromatic carbocycles. The lowest BCUT2D eigenvalue weighted by Crippen LogP contribution is -2.36. The topological polar surface area (TPSA) is 22.1 Å². The lowest BCUT2D eigenvalue weighted by molar-refractivity contribution is 0.288. The average Bonchev–Trinajstić information content (AvgIpc) is 2.35. The molecule has 1 aromatic rings. The van der Waals surface area contributed by atoms with Gasteiger partial charge in [0.15, 0.2) is 5.96 Å². The first kappa shape index (κ1) is 21.0. The van der Waals surface area contributed by atoms with Crippen LogP contribution >= 0.6 is 24.0 Å². The molecule has 7 heteroatoms. The molecule has 0 bridgehead atoms. The Kier molecular flexibility index (Phi) is 8.84. The Bertz CT molecular complexity index is 474. The molecule has 1 rings (SSSR count). The van der Waals surface area contributed by atoms with Crippen LogP contribution in [0, 0.1) is 11.6 Å². The first-order valence-corrected chi connectivity index (χ1v) is 6.75. The fourth-order valence-corrected chi connectivity index (χ4v) is 2.19. The predicted molar refractivity (Wildman–Crippen MR) is 97.9 cm³/mol. The van der Waals surface area contributed by atoms with Gasteiger partial charge < -0.3 is 14.7 Å². The Morgan fingerprint density at radius 2 is 1.45 bits per heavy atom. The maximum atomic E-state index is 14.0. The summed E-state index contributed by atoms with van der Waals surface area (Å²) in [5.74, 6) is -0.334. The van der Waals surface area contributed by atoms with Crippen LogP contribution in [0.25, 0.3) is 0 Å². The van der Waals surface area contributed by atoms with Gasteiger partial charge in [0.1, 0.15) is 11.6 Å². The van der Waals surface area contributed by atoms with E-state index in [1.165, 1.54) is 18.2 Å². The molecule has 0 aromatic heterocycles. The normalized spacial score (nSPS) is 11.7. The van der Waals surface area contributed by atoms with Crippen LogP contribution in [0.1, 0.15) is 11.6 Å². The maximum Gasteiger partial charge on any atom is 0.195 e. The number of aliphatic imine (C=N–C) groups is 1. The summed E-state index contributed by atoms with van der Waals surface area (Å²) in [7, 11) is 11.1. The van der Waals surface area contributed by atoms with Crippen LogP contribution in [-0.4, -0.2) is 69.5 Å². The molecule has 0 saturated heterocycles. The molecule has 0 spiro atoms. The van der Waals surface area contributed by atoms with Crippen molar-refractivity contribution in [2.45, 2.75) is 6.04 Å². The van der Waals surface area contributed by atoms with E-state index in [0.29, 0.717) is 0 Å². The smallest absolute Gasteiger partial charge is 0.195 e. The van der Waals surface area contributed by atoms with E-state index in [2.05, 4.69) is 4.99 Å².